The number of rotatable bonds is 8. The molecule has 0 aliphatic heterocycles. The number of ether oxygens (including phenoxy) is 2. The second-order valence-corrected chi connectivity index (χ2v) is 5.63. The molecule has 0 heterocycles. The topological polar surface area (TPSA) is 72.8 Å². The van der Waals surface area contributed by atoms with Crippen LogP contribution in [0.25, 0.3) is 0 Å². The van der Waals surface area contributed by atoms with Crippen molar-refractivity contribution in [1.29, 1.82) is 0 Å². The summed E-state index contributed by atoms with van der Waals surface area (Å²) < 4.78 is 9.41. The third-order valence-electron chi connectivity index (χ3n) is 3.91. The largest absolute Gasteiger partial charge is 0.468 e. The van der Waals surface area contributed by atoms with Gasteiger partial charge in [-0.25, -0.2) is 0 Å². The third kappa shape index (κ3) is 4.80. The Labute approximate surface area is 142 Å². The molecule has 0 bridgehead atoms. The maximum atomic E-state index is 12.0. The smallest absolute Gasteiger partial charge is 0.323 e. The van der Waals surface area contributed by atoms with E-state index in [1.807, 2.05) is 30.3 Å². The lowest BCUT2D eigenvalue weighted by Gasteiger charge is -2.23. The Morgan fingerprint density at radius 3 is 2.21 bits per heavy atom. The Hall–Kier alpha value is -2.40. The summed E-state index contributed by atoms with van der Waals surface area (Å²) in [5.74, 6) is -1.38. The van der Waals surface area contributed by atoms with E-state index in [1.54, 1.807) is 6.08 Å². The molecule has 0 saturated carbocycles. The average molecular weight is 332 g/mol. The summed E-state index contributed by atoms with van der Waals surface area (Å²) in [5.41, 5.74) is 0.0452. The fraction of sp³-hybridized carbons (Fsp3) is 0.368. The van der Waals surface area contributed by atoms with Gasteiger partial charge in [-0.1, -0.05) is 49.1 Å². The van der Waals surface area contributed by atoms with Crippen molar-refractivity contribution in [2.75, 3.05) is 14.2 Å². The number of carbonyl (C=O) groups is 2. The van der Waals surface area contributed by atoms with Crippen LogP contribution in [0, 0.1) is 5.41 Å². The van der Waals surface area contributed by atoms with Gasteiger partial charge >= 0.3 is 11.9 Å². The molecular formula is C19H24O5. The van der Waals surface area contributed by atoms with Gasteiger partial charge in [0.2, 0.25) is 0 Å². The van der Waals surface area contributed by atoms with Crippen molar-refractivity contribution in [1.82, 2.24) is 0 Å². The highest BCUT2D eigenvalue weighted by atomic mass is 16.5. The van der Waals surface area contributed by atoms with Crippen molar-refractivity contribution in [3.63, 3.8) is 0 Å². The van der Waals surface area contributed by atoms with Crippen molar-refractivity contribution in [2.45, 2.75) is 25.9 Å². The minimum Gasteiger partial charge on any atom is -0.468 e. The van der Waals surface area contributed by atoms with Crippen LogP contribution >= 0.6 is 0 Å². The Morgan fingerprint density at radius 2 is 1.75 bits per heavy atom. The van der Waals surface area contributed by atoms with Gasteiger partial charge in [-0.3, -0.25) is 9.59 Å². The van der Waals surface area contributed by atoms with Gasteiger partial charge in [0, 0.05) is 6.42 Å². The van der Waals surface area contributed by atoms with E-state index in [0.29, 0.717) is 12.0 Å². The number of hydrogen-bond donors (Lipinski definition) is 1. The molecule has 0 radical (unpaired) electrons. The molecule has 24 heavy (non-hydrogen) atoms. The van der Waals surface area contributed by atoms with Gasteiger partial charge in [0.15, 0.2) is 5.41 Å². The summed E-state index contributed by atoms with van der Waals surface area (Å²) in [6.07, 6.45) is 2.80. The van der Waals surface area contributed by atoms with Crippen LogP contribution in [0.1, 0.15) is 18.9 Å². The molecule has 1 rings (SSSR count). The van der Waals surface area contributed by atoms with E-state index >= 15 is 0 Å². The normalized spacial score (nSPS) is 13.1. The molecule has 1 aromatic carbocycles. The molecule has 0 spiro atoms. The first-order chi connectivity index (χ1) is 11.4. The fourth-order valence-electron chi connectivity index (χ4n) is 2.33. The second kappa shape index (κ2) is 9.03. The maximum Gasteiger partial charge on any atom is 0.323 e. The maximum absolute atomic E-state index is 12.0. The van der Waals surface area contributed by atoms with Crippen molar-refractivity contribution < 1.29 is 24.2 Å². The highest BCUT2D eigenvalue weighted by Crippen LogP contribution is 2.27. The number of carbonyl (C=O) groups excluding carboxylic acids is 2. The summed E-state index contributed by atoms with van der Waals surface area (Å²) >= 11 is 0. The molecule has 5 nitrogen and oxygen atoms in total. The monoisotopic (exact) mass is 332 g/mol. The lowest BCUT2D eigenvalue weighted by molar-refractivity contribution is -0.167. The van der Waals surface area contributed by atoms with Crippen molar-refractivity contribution in [3.8, 4) is 0 Å². The molecule has 0 aliphatic rings. The predicted octanol–water partition coefficient (Wildman–Crippen LogP) is 2.44. The van der Waals surface area contributed by atoms with Crippen LogP contribution in [-0.2, 0) is 25.5 Å². The average Bonchev–Trinajstić information content (AvgIpc) is 2.61. The van der Waals surface area contributed by atoms with Gasteiger partial charge in [-0.2, -0.15) is 0 Å². The summed E-state index contributed by atoms with van der Waals surface area (Å²) in [6, 6.07) is 9.52. The highest BCUT2D eigenvalue weighted by molar-refractivity contribution is 5.99. The summed E-state index contributed by atoms with van der Waals surface area (Å²) in [7, 11) is 2.43. The molecule has 0 aromatic heterocycles. The quantitative estimate of drug-likeness (QED) is 0.450. The molecular weight excluding hydrogens is 308 g/mol. The summed E-state index contributed by atoms with van der Waals surface area (Å²) in [4.78, 5) is 23.9. The van der Waals surface area contributed by atoms with Crippen LogP contribution in [0.3, 0.4) is 0 Å². The van der Waals surface area contributed by atoms with E-state index in [0.717, 1.165) is 5.56 Å². The lowest BCUT2D eigenvalue weighted by atomic mass is 9.85. The molecule has 0 saturated heterocycles. The third-order valence-corrected chi connectivity index (χ3v) is 3.91. The number of methoxy groups -OCH3 is 2. The zero-order valence-corrected chi connectivity index (χ0v) is 14.3. The van der Waals surface area contributed by atoms with Crippen LogP contribution in [0.15, 0.2) is 54.6 Å². The molecule has 0 aliphatic carbocycles. The summed E-state index contributed by atoms with van der Waals surface area (Å²) in [5, 5.41) is 10.4. The molecule has 0 amide bonds. The predicted molar refractivity (Wildman–Crippen MR) is 91.2 cm³/mol. The van der Waals surface area contributed by atoms with Crippen LogP contribution in [-0.4, -0.2) is 37.4 Å². The van der Waals surface area contributed by atoms with Gasteiger partial charge in [0.1, 0.15) is 0 Å². The van der Waals surface area contributed by atoms with Crippen LogP contribution in [0.5, 0.6) is 0 Å². The molecule has 1 aromatic rings. The van der Waals surface area contributed by atoms with Gasteiger partial charge in [-0.05, 0) is 24.5 Å². The summed E-state index contributed by atoms with van der Waals surface area (Å²) in [6.45, 7) is 5.14. The Kier molecular flexibility index (Phi) is 7.39. The Balaban J connectivity index is 2.95. The van der Waals surface area contributed by atoms with Crippen molar-refractivity contribution in [3.05, 3.63) is 60.2 Å². The lowest BCUT2D eigenvalue weighted by Crippen LogP contribution is -2.38. The minimum absolute atomic E-state index is 0.0412. The zero-order valence-electron chi connectivity index (χ0n) is 14.3. The van der Waals surface area contributed by atoms with Crippen LogP contribution in [0.4, 0.5) is 0 Å². The van der Waals surface area contributed by atoms with E-state index in [2.05, 4.69) is 6.58 Å². The van der Waals surface area contributed by atoms with Crippen molar-refractivity contribution in [2.24, 2.45) is 5.41 Å². The Bertz CT molecular complexity index is 587. The Morgan fingerprint density at radius 1 is 1.21 bits per heavy atom. The van der Waals surface area contributed by atoms with Crippen LogP contribution < -0.4 is 0 Å². The first kappa shape index (κ1) is 19.6. The number of aliphatic hydroxyl groups excluding tert-OH is 1. The van der Waals surface area contributed by atoms with Gasteiger partial charge in [0.05, 0.1) is 20.3 Å². The molecule has 1 atom stereocenters. The van der Waals surface area contributed by atoms with E-state index in [4.69, 9.17) is 9.47 Å². The number of esters is 2. The molecule has 1 N–H and O–H groups in total. The van der Waals surface area contributed by atoms with E-state index < -0.39 is 23.5 Å². The van der Waals surface area contributed by atoms with E-state index in [9.17, 15) is 14.7 Å². The van der Waals surface area contributed by atoms with Crippen molar-refractivity contribution >= 4 is 11.9 Å². The number of hydrogen-bond acceptors (Lipinski definition) is 5. The van der Waals surface area contributed by atoms with Gasteiger partial charge < -0.3 is 14.6 Å². The van der Waals surface area contributed by atoms with E-state index in [1.165, 1.54) is 27.2 Å². The zero-order chi connectivity index (χ0) is 18.2. The van der Waals surface area contributed by atoms with Gasteiger partial charge in [-0.15, -0.1) is 0 Å². The minimum atomic E-state index is -1.47. The van der Waals surface area contributed by atoms with Gasteiger partial charge in [0.25, 0.3) is 0 Å². The molecule has 0 fully saturated rings. The molecule has 130 valence electrons. The van der Waals surface area contributed by atoms with Crippen LogP contribution in [0.2, 0.25) is 0 Å². The second-order valence-electron chi connectivity index (χ2n) is 5.63. The fourth-order valence-corrected chi connectivity index (χ4v) is 2.33. The highest BCUT2D eigenvalue weighted by Gasteiger charge is 2.42. The van der Waals surface area contributed by atoms with E-state index in [-0.39, 0.29) is 6.42 Å². The molecule has 5 heteroatoms. The first-order valence-electron chi connectivity index (χ1n) is 7.60. The standard InChI is InChI=1S/C19H24O5/c1-5-15(16(20)13-14-9-7-6-8-10-14)11-12-19(2,17(21)23-3)18(22)24-4/h5-11,16,20H,1,12-13H2,2-4H3/b15-11+. The number of allylic oxidation sites excluding steroid dienone is 1. The number of benzene rings is 1. The first-order valence-corrected chi connectivity index (χ1v) is 7.60. The molecule has 1 unspecified atom stereocenters. The SMILES string of the molecule is C=C/C(=C\CC(C)(C(=O)OC)C(=O)OC)C(O)Cc1ccccc1. The number of aliphatic hydroxyl groups is 1.